The molecular formula is C5H10I. The third-order valence-electron chi connectivity index (χ3n) is 0.796. The van der Waals surface area contributed by atoms with Crippen molar-refractivity contribution in [2.75, 3.05) is 0 Å². The molecule has 0 rings (SSSR count). The summed E-state index contributed by atoms with van der Waals surface area (Å²) in [5.74, 6) is 1.50. The van der Waals surface area contributed by atoms with Gasteiger partial charge in [0.2, 0.25) is 0 Å². The van der Waals surface area contributed by atoms with E-state index in [-0.39, 0.29) is 0 Å². The fourth-order valence-corrected chi connectivity index (χ4v) is 0. The zero-order valence-corrected chi connectivity index (χ0v) is 6.61. The minimum Gasteiger partial charge on any atom is -0.0823 e. The van der Waals surface area contributed by atoms with Crippen LogP contribution in [0.5, 0.6) is 0 Å². The van der Waals surface area contributed by atoms with Gasteiger partial charge in [-0.15, -0.1) is 0 Å². The molecule has 37 valence electrons. The second-order valence-electron chi connectivity index (χ2n) is 1.69. The van der Waals surface area contributed by atoms with Gasteiger partial charge in [0.05, 0.1) is 0 Å². The summed E-state index contributed by atoms with van der Waals surface area (Å²) in [5.41, 5.74) is 0. The highest BCUT2D eigenvalue weighted by Gasteiger charge is 1.98. The van der Waals surface area contributed by atoms with Crippen LogP contribution in [0.25, 0.3) is 0 Å². The lowest BCUT2D eigenvalue weighted by Crippen LogP contribution is -1.95. The molecule has 1 atom stereocenters. The lowest BCUT2D eigenvalue weighted by Gasteiger charge is -2.02. The van der Waals surface area contributed by atoms with Crippen LogP contribution in [0.2, 0.25) is 0 Å². The molecule has 0 aromatic rings. The number of halogens is 1. The van der Waals surface area contributed by atoms with Crippen LogP contribution in [0.1, 0.15) is 20.8 Å². The standard InChI is InChI=1S/C5H10I/c1-4(2)5(3)6/h5H,1-3H3. The van der Waals surface area contributed by atoms with E-state index in [0.29, 0.717) is 0 Å². The molecule has 1 radical (unpaired) electrons. The summed E-state index contributed by atoms with van der Waals surface area (Å²) in [6.45, 7) is 6.49. The maximum atomic E-state index is 2.40. The smallest absolute Gasteiger partial charge is 0.0138 e. The van der Waals surface area contributed by atoms with Crippen LogP contribution in [-0.2, 0) is 0 Å². The minimum absolute atomic E-state index is 0.739. The van der Waals surface area contributed by atoms with E-state index in [2.05, 4.69) is 43.4 Å². The molecule has 0 aliphatic heterocycles. The van der Waals surface area contributed by atoms with E-state index in [9.17, 15) is 0 Å². The van der Waals surface area contributed by atoms with Crippen LogP contribution in [0.15, 0.2) is 0 Å². The van der Waals surface area contributed by atoms with Crippen molar-refractivity contribution in [3.8, 4) is 0 Å². The van der Waals surface area contributed by atoms with E-state index in [1.165, 1.54) is 5.92 Å². The Bertz CT molecular complexity index is 24.9. The Balaban J connectivity index is 2.99. The fraction of sp³-hybridized carbons (Fsp3) is 0.800. The molecule has 1 heteroatoms. The SMILES string of the molecule is C[C](C)C(C)I. The van der Waals surface area contributed by atoms with Gasteiger partial charge in [0.25, 0.3) is 0 Å². The van der Waals surface area contributed by atoms with Gasteiger partial charge in [-0.05, 0) is 5.92 Å². The molecule has 0 fully saturated rings. The first kappa shape index (κ1) is 6.73. The Kier molecular flexibility index (Phi) is 3.17. The lowest BCUT2D eigenvalue weighted by molar-refractivity contribution is 0.971. The summed E-state index contributed by atoms with van der Waals surface area (Å²) in [4.78, 5) is 0. The first-order chi connectivity index (χ1) is 2.64. The molecule has 0 nitrogen and oxygen atoms in total. The van der Waals surface area contributed by atoms with Gasteiger partial charge < -0.3 is 0 Å². The molecular weight excluding hydrogens is 187 g/mol. The van der Waals surface area contributed by atoms with Crippen molar-refractivity contribution in [3.05, 3.63) is 5.92 Å². The molecule has 1 unspecified atom stereocenters. The Labute approximate surface area is 53.5 Å². The van der Waals surface area contributed by atoms with Crippen molar-refractivity contribution in [1.82, 2.24) is 0 Å². The Morgan fingerprint density at radius 2 is 1.67 bits per heavy atom. The zero-order chi connectivity index (χ0) is 5.15. The first-order valence-corrected chi connectivity index (χ1v) is 3.33. The number of hydrogen-bond acceptors (Lipinski definition) is 0. The molecule has 0 heterocycles. The Hall–Kier alpha value is 0.730. The highest BCUT2D eigenvalue weighted by Crippen LogP contribution is 2.11. The summed E-state index contributed by atoms with van der Waals surface area (Å²) in [6.07, 6.45) is 0. The highest BCUT2D eigenvalue weighted by molar-refractivity contribution is 14.1. The van der Waals surface area contributed by atoms with Gasteiger partial charge in [0.1, 0.15) is 0 Å². The van der Waals surface area contributed by atoms with Gasteiger partial charge in [0.15, 0.2) is 0 Å². The van der Waals surface area contributed by atoms with E-state index in [0.717, 1.165) is 3.92 Å². The van der Waals surface area contributed by atoms with Gasteiger partial charge in [-0.1, -0.05) is 43.4 Å². The predicted molar refractivity (Wildman–Crippen MR) is 38.1 cm³/mol. The fourth-order valence-electron chi connectivity index (χ4n) is 0. The Morgan fingerprint density at radius 3 is 1.67 bits per heavy atom. The van der Waals surface area contributed by atoms with Gasteiger partial charge >= 0.3 is 0 Å². The molecule has 0 saturated carbocycles. The largest absolute Gasteiger partial charge is 0.0823 e. The predicted octanol–water partition coefficient (Wildman–Crippen LogP) is 2.42. The Morgan fingerprint density at radius 1 is 1.50 bits per heavy atom. The molecule has 0 aliphatic rings. The zero-order valence-electron chi connectivity index (χ0n) is 4.46. The van der Waals surface area contributed by atoms with E-state index >= 15 is 0 Å². The third-order valence-corrected chi connectivity index (χ3v) is 2.04. The molecule has 0 saturated heterocycles. The van der Waals surface area contributed by atoms with Crippen LogP contribution in [0, 0.1) is 5.92 Å². The molecule has 0 spiro atoms. The second kappa shape index (κ2) is 2.83. The number of hydrogen-bond donors (Lipinski definition) is 0. The molecule has 6 heavy (non-hydrogen) atoms. The minimum atomic E-state index is 0.739. The van der Waals surface area contributed by atoms with Gasteiger partial charge in [-0.25, -0.2) is 0 Å². The van der Waals surface area contributed by atoms with Crippen molar-refractivity contribution in [3.63, 3.8) is 0 Å². The van der Waals surface area contributed by atoms with E-state index in [1.54, 1.807) is 0 Å². The van der Waals surface area contributed by atoms with Crippen LogP contribution >= 0.6 is 22.6 Å². The summed E-state index contributed by atoms with van der Waals surface area (Å²) < 4.78 is 0.739. The number of rotatable bonds is 1. The quantitative estimate of drug-likeness (QED) is 0.447. The lowest BCUT2D eigenvalue weighted by atomic mass is 10.2. The van der Waals surface area contributed by atoms with Crippen molar-refractivity contribution < 1.29 is 0 Å². The van der Waals surface area contributed by atoms with Crippen LogP contribution in [0.3, 0.4) is 0 Å². The highest BCUT2D eigenvalue weighted by atomic mass is 127. The van der Waals surface area contributed by atoms with E-state index in [1.807, 2.05) is 0 Å². The van der Waals surface area contributed by atoms with Crippen LogP contribution < -0.4 is 0 Å². The van der Waals surface area contributed by atoms with E-state index < -0.39 is 0 Å². The van der Waals surface area contributed by atoms with Crippen molar-refractivity contribution in [2.45, 2.75) is 24.7 Å². The van der Waals surface area contributed by atoms with Gasteiger partial charge in [-0.2, -0.15) is 0 Å². The third kappa shape index (κ3) is 2.94. The molecule has 0 N–H and O–H groups in total. The average Bonchev–Trinajstić information content (AvgIpc) is 1.36. The molecule has 0 amide bonds. The number of alkyl halides is 1. The maximum Gasteiger partial charge on any atom is 0.0138 e. The van der Waals surface area contributed by atoms with Gasteiger partial charge in [-0.3, -0.25) is 0 Å². The van der Waals surface area contributed by atoms with Crippen LogP contribution in [-0.4, -0.2) is 3.92 Å². The maximum absolute atomic E-state index is 2.40. The van der Waals surface area contributed by atoms with Crippen LogP contribution in [0.4, 0.5) is 0 Å². The van der Waals surface area contributed by atoms with E-state index in [4.69, 9.17) is 0 Å². The summed E-state index contributed by atoms with van der Waals surface area (Å²) >= 11 is 2.40. The van der Waals surface area contributed by atoms with Crippen molar-refractivity contribution in [1.29, 1.82) is 0 Å². The average molecular weight is 197 g/mol. The summed E-state index contributed by atoms with van der Waals surface area (Å²) in [7, 11) is 0. The molecule has 0 aromatic heterocycles. The topological polar surface area (TPSA) is 0 Å². The van der Waals surface area contributed by atoms with Crippen molar-refractivity contribution in [2.24, 2.45) is 0 Å². The van der Waals surface area contributed by atoms with Gasteiger partial charge in [0, 0.05) is 3.92 Å². The molecule has 0 aliphatic carbocycles. The molecule has 0 bridgehead atoms. The summed E-state index contributed by atoms with van der Waals surface area (Å²) in [5, 5.41) is 0. The monoisotopic (exact) mass is 197 g/mol. The van der Waals surface area contributed by atoms with Crippen molar-refractivity contribution >= 4 is 22.6 Å². The summed E-state index contributed by atoms with van der Waals surface area (Å²) in [6, 6.07) is 0. The first-order valence-electron chi connectivity index (χ1n) is 2.08. The second-order valence-corrected chi connectivity index (χ2v) is 3.56. The molecule has 0 aromatic carbocycles. The normalized spacial score (nSPS) is 15.5.